The van der Waals surface area contributed by atoms with Gasteiger partial charge >= 0.3 is 0 Å². The van der Waals surface area contributed by atoms with Crippen molar-refractivity contribution in [3.8, 4) is 5.75 Å². The van der Waals surface area contributed by atoms with E-state index in [0.717, 1.165) is 25.0 Å². The van der Waals surface area contributed by atoms with E-state index in [4.69, 9.17) is 4.74 Å². The summed E-state index contributed by atoms with van der Waals surface area (Å²) in [4.78, 5) is 11.9. The maximum absolute atomic E-state index is 11.9. The predicted molar refractivity (Wildman–Crippen MR) is 73.4 cm³/mol. The fraction of sp³-hybridized carbons (Fsp3) is 0.471. The molecule has 0 amide bonds. The molecular weight excluding hydrogens is 236 g/mol. The van der Waals surface area contributed by atoms with Gasteiger partial charge in [0.05, 0.1) is 7.11 Å². The molecular formula is C17H18O2. The van der Waals surface area contributed by atoms with Crippen LogP contribution in [0.1, 0.15) is 30.4 Å². The Kier molecular flexibility index (Phi) is 2.21. The number of aryl methyl sites for hydroxylation is 1. The maximum atomic E-state index is 11.9. The van der Waals surface area contributed by atoms with Crippen molar-refractivity contribution in [1.82, 2.24) is 0 Å². The molecule has 4 rings (SSSR count). The minimum absolute atomic E-state index is 0.137. The van der Waals surface area contributed by atoms with E-state index in [1.807, 2.05) is 6.08 Å². The van der Waals surface area contributed by atoms with Crippen LogP contribution in [-0.2, 0) is 16.6 Å². The number of allylic oxidation sites excluding steroid dienone is 2. The van der Waals surface area contributed by atoms with Crippen molar-refractivity contribution in [2.24, 2.45) is 11.8 Å². The summed E-state index contributed by atoms with van der Waals surface area (Å²) < 4.78 is 5.34. The number of hydrogen-bond acceptors (Lipinski definition) is 2. The Bertz CT molecular complexity index is 587. The number of ether oxygens (including phenoxy) is 1. The molecule has 3 aliphatic rings. The Morgan fingerprint density at radius 2 is 2.26 bits per heavy atom. The standard InChI is InChI=1S/C17H18O2/c1-19-14-4-5-15-11(9-14)2-3-13-8-12-10-17(13,15)7-6-16(12)18/h4-7,9,12-13H,2-3,8,10H2,1H3/t12-,13+,17-/m1/s1. The third kappa shape index (κ3) is 1.40. The molecule has 0 aromatic heterocycles. The Morgan fingerprint density at radius 1 is 1.37 bits per heavy atom. The minimum Gasteiger partial charge on any atom is -0.497 e. The van der Waals surface area contributed by atoms with Crippen molar-refractivity contribution in [2.75, 3.05) is 7.11 Å². The van der Waals surface area contributed by atoms with Gasteiger partial charge in [0.25, 0.3) is 0 Å². The van der Waals surface area contributed by atoms with Gasteiger partial charge < -0.3 is 4.74 Å². The van der Waals surface area contributed by atoms with E-state index < -0.39 is 0 Å². The summed E-state index contributed by atoms with van der Waals surface area (Å²) in [7, 11) is 1.72. The van der Waals surface area contributed by atoms with Crippen LogP contribution in [0.15, 0.2) is 30.4 Å². The fourth-order valence-corrected chi connectivity index (χ4v) is 4.48. The Balaban J connectivity index is 1.88. The molecule has 2 bridgehead atoms. The Morgan fingerprint density at radius 3 is 3.11 bits per heavy atom. The van der Waals surface area contributed by atoms with Crippen LogP contribution in [-0.4, -0.2) is 12.9 Å². The van der Waals surface area contributed by atoms with Gasteiger partial charge in [-0.3, -0.25) is 4.79 Å². The summed E-state index contributed by atoms with van der Waals surface area (Å²) >= 11 is 0. The lowest BCUT2D eigenvalue weighted by atomic mass is 9.64. The van der Waals surface area contributed by atoms with Gasteiger partial charge in [-0.15, -0.1) is 0 Å². The molecule has 1 saturated carbocycles. The summed E-state index contributed by atoms with van der Waals surface area (Å²) in [5, 5.41) is 0. The highest BCUT2D eigenvalue weighted by atomic mass is 16.5. The minimum atomic E-state index is 0.137. The molecule has 0 radical (unpaired) electrons. The maximum Gasteiger partial charge on any atom is 0.158 e. The van der Waals surface area contributed by atoms with Crippen molar-refractivity contribution >= 4 is 5.78 Å². The first-order chi connectivity index (χ1) is 9.23. The van der Waals surface area contributed by atoms with E-state index >= 15 is 0 Å². The summed E-state index contributed by atoms with van der Waals surface area (Å²) in [5.74, 6) is 2.21. The SMILES string of the molecule is COc1ccc2c(c1)CC[C@H]1C[C@@H]3C[C@@]21C=CC3=O. The molecule has 0 saturated heterocycles. The lowest BCUT2D eigenvalue weighted by Gasteiger charge is -2.40. The van der Waals surface area contributed by atoms with Crippen molar-refractivity contribution in [3.05, 3.63) is 41.5 Å². The van der Waals surface area contributed by atoms with Crippen LogP contribution in [0.4, 0.5) is 0 Å². The summed E-state index contributed by atoms with van der Waals surface area (Å²) in [6, 6.07) is 6.47. The molecule has 1 spiro atoms. The first kappa shape index (κ1) is 11.3. The molecule has 0 heterocycles. The molecule has 2 heteroatoms. The number of fused-ring (bicyclic) bond motifs is 2. The summed E-state index contributed by atoms with van der Waals surface area (Å²) in [6.45, 7) is 0. The van der Waals surface area contributed by atoms with Gasteiger partial charge in [0.2, 0.25) is 0 Å². The van der Waals surface area contributed by atoms with Gasteiger partial charge in [0, 0.05) is 11.3 Å². The number of hydrogen-bond donors (Lipinski definition) is 0. The van der Waals surface area contributed by atoms with E-state index in [0.29, 0.717) is 11.7 Å². The number of methoxy groups -OCH3 is 1. The average Bonchev–Trinajstić information content (AvgIpc) is 2.78. The van der Waals surface area contributed by atoms with Gasteiger partial charge in [-0.2, -0.15) is 0 Å². The zero-order valence-electron chi connectivity index (χ0n) is 11.2. The molecule has 19 heavy (non-hydrogen) atoms. The normalized spacial score (nSPS) is 34.9. The van der Waals surface area contributed by atoms with E-state index in [1.54, 1.807) is 7.11 Å². The first-order valence-corrected chi connectivity index (χ1v) is 7.13. The second-order valence-electron chi connectivity index (χ2n) is 6.17. The van der Waals surface area contributed by atoms with Crippen molar-refractivity contribution < 1.29 is 9.53 Å². The van der Waals surface area contributed by atoms with E-state index in [1.165, 1.54) is 17.5 Å². The third-order valence-corrected chi connectivity index (χ3v) is 5.41. The number of rotatable bonds is 1. The molecule has 3 aliphatic carbocycles. The van der Waals surface area contributed by atoms with Gasteiger partial charge in [-0.25, -0.2) is 0 Å². The monoisotopic (exact) mass is 254 g/mol. The fourth-order valence-electron chi connectivity index (χ4n) is 4.48. The van der Waals surface area contributed by atoms with Crippen LogP contribution in [0.25, 0.3) is 0 Å². The van der Waals surface area contributed by atoms with Crippen molar-refractivity contribution in [2.45, 2.75) is 31.1 Å². The number of carbonyl (C=O) groups is 1. The van der Waals surface area contributed by atoms with Crippen LogP contribution in [0.2, 0.25) is 0 Å². The molecule has 1 fully saturated rings. The second kappa shape index (κ2) is 3.72. The Labute approximate surface area is 113 Å². The van der Waals surface area contributed by atoms with Gasteiger partial charge in [0.15, 0.2) is 5.78 Å². The molecule has 98 valence electrons. The zero-order valence-corrected chi connectivity index (χ0v) is 11.2. The van der Waals surface area contributed by atoms with E-state index in [-0.39, 0.29) is 11.3 Å². The average molecular weight is 254 g/mol. The molecule has 3 atom stereocenters. The van der Waals surface area contributed by atoms with Gasteiger partial charge in [0.1, 0.15) is 5.75 Å². The summed E-state index contributed by atoms with van der Waals surface area (Å²) in [6.07, 6.45) is 8.47. The highest BCUT2D eigenvalue weighted by molar-refractivity contribution is 5.94. The topological polar surface area (TPSA) is 26.3 Å². The highest BCUT2D eigenvalue weighted by Gasteiger charge is 2.52. The van der Waals surface area contributed by atoms with Crippen LogP contribution in [0.5, 0.6) is 5.75 Å². The molecule has 1 aromatic carbocycles. The number of ketones is 1. The van der Waals surface area contributed by atoms with Crippen LogP contribution < -0.4 is 4.74 Å². The Hall–Kier alpha value is -1.57. The van der Waals surface area contributed by atoms with Crippen molar-refractivity contribution in [3.63, 3.8) is 0 Å². The molecule has 1 aromatic rings. The summed E-state index contributed by atoms with van der Waals surface area (Å²) in [5.41, 5.74) is 2.99. The van der Waals surface area contributed by atoms with Crippen molar-refractivity contribution in [1.29, 1.82) is 0 Å². The molecule has 2 nitrogen and oxygen atoms in total. The highest BCUT2D eigenvalue weighted by Crippen LogP contribution is 2.57. The van der Waals surface area contributed by atoms with Crippen LogP contribution >= 0.6 is 0 Å². The number of benzene rings is 1. The zero-order chi connectivity index (χ0) is 13.0. The van der Waals surface area contributed by atoms with Gasteiger partial charge in [-0.05, 0) is 60.9 Å². The predicted octanol–water partition coefficient (Wildman–Crippen LogP) is 3.04. The lowest BCUT2D eigenvalue weighted by molar-refractivity contribution is -0.118. The molecule has 0 unspecified atom stereocenters. The van der Waals surface area contributed by atoms with Crippen LogP contribution in [0.3, 0.4) is 0 Å². The molecule has 0 N–H and O–H groups in total. The van der Waals surface area contributed by atoms with E-state index in [2.05, 4.69) is 24.3 Å². The largest absolute Gasteiger partial charge is 0.497 e. The number of carbonyl (C=O) groups excluding carboxylic acids is 1. The quantitative estimate of drug-likeness (QED) is 0.770. The molecule has 0 aliphatic heterocycles. The van der Waals surface area contributed by atoms with Gasteiger partial charge in [-0.1, -0.05) is 12.1 Å². The lowest BCUT2D eigenvalue weighted by Crippen LogP contribution is -2.35. The third-order valence-electron chi connectivity index (χ3n) is 5.41. The van der Waals surface area contributed by atoms with E-state index in [9.17, 15) is 4.79 Å². The second-order valence-corrected chi connectivity index (χ2v) is 6.17. The first-order valence-electron chi connectivity index (χ1n) is 7.13. The van der Waals surface area contributed by atoms with Crippen LogP contribution in [0, 0.1) is 11.8 Å². The smallest absolute Gasteiger partial charge is 0.158 e.